The minimum Gasteiger partial charge on any atom is -0.300 e. The fourth-order valence-electron chi connectivity index (χ4n) is 3.45. The maximum Gasteiger partial charge on any atom is 0.243 e. The molecule has 0 amide bonds. The molecule has 1 saturated heterocycles. The van der Waals surface area contributed by atoms with Gasteiger partial charge in [-0.25, -0.2) is 13.1 Å². The molecule has 0 unspecified atom stereocenters. The molecular weight excluding hydrogens is 426 g/mol. The van der Waals surface area contributed by atoms with Crippen molar-refractivity contribution in [3.8, 4) is 10.7 Å². The average molecular weight is 450 g/mol. The van der Waals surface area contributed by atoms with Crippen molar-refractivity contribution in [1.29, 1.82) is 0 Å². The third kappa shape index (κ3) is 4.08. The Morgan fingerprint density at radius 1 is 1.07 bits per heavy atom. The van der Waals surface area contributed by atoms with Crippen LogP contribution in [0.2, 0.25) is 0 Å². The maximum atomic E-state index is 12.8. The van der Waals surface area contributed by atoms with Gasteiger partial charge in [0.1, 0.15) is 0 Å². The fourth-order valence-corrected chi connectivity index (χ4v) is 5.92. The Hall–Kier alpha value is -1.85. The van der Waals surface area contributed by atoms with Crippen LogP contribution in [-0.4, -0.2) is 58.1 Å². The van der Waals surface area contributed by atoms with Crippen molar-refractivity contribution in [2.24, 2.45) is 0 Å². The van der Waals surface area contributed by atoms with E-state index in [2.05, 4.69) is 11.8 Å². The molecule has 0 atom stereocenters. The van der Waals surface area contributed by atoms with E-state index < -0.39 is 10.0 Å². The highest BCUT2D eigenvalue weighted by molar-refractivity contribution is 7.89. The van der Waals surface area contributed by atoms with Crippen molar-refractivity contribution < 1.29 is 8.42 Å². The smallest absolute Gasteiger partial charge is 0.243 e. The Morgan fingerprint density at radius 2 is 1.79 bits per heavy atom. The number of hydrogen-bond acceptors (Lipinski definition) is 6. The molecule has 7 nitrogen and oxygen atoms in total. The van der Waals surface area contributed by atoms with E-state index in [1.807, 2.05) is 32.8 Å². The Kier molecular flexibility index (Phi) is 5.98. The average Bonchev–Trinajstić information content (AvgIpc) is 3.37. The normalized spacial score (nSPS) is 16.3. The van der Waals surface area contributed by atoms with Gasteiger partial charge in [0.2, 0.25) is 10.0 Å². The molecule has 1 fully saturated rings. The van der Waals surface area contributed by atoms with E-state index in [0.29, 0.717) is 42.5 Å². The number of thiophene rings is 1. The summed E-state index contributed by atoms with van der Waals surface area (Å²) >= 11 is 7.28. The van der Waals surface area contributed by atoms with Gasteiger partial charge in [-0.2, -0.15) is 4.31 Å². The van der Waals surface area contributed by atoms with Crippen LogP contribution in [0, 0.1) is 4.77 Å². The Bertz CT molecular complexity index is 1110. The zero-order chi connectivity index (χ0) is 20.4. The lowest BCUT2D eigenvalue weighted by molar-refractivity contribution is 0.144. The van der Waals surface area contributed by atoms with Gasteiger partial charge in [-0.3, -0.25) is 9.47 Å². The van der Waals surface area contributed by atoms with E-state index in [1.54, 1.807) is 39.9 Å². The molecule has 0 bridgehead atoms. The van der Waals surface area contributed by atoms with E-state index in [4.69, 9.17) is 17.3 Å². The van der Waals surface area contributed by atoms with Crippen molar-refractivity contribution >= 4 is 33.6 Å². The lowest BCUT2D eigenvalue weighted by Gasteiger charge is -2.33. The van der Waals surface area contributed by atoms with Crippen molar-refractivity contribution in [3.63, 3.8) is 0 Å². The molecule has 0 saturated carbocycles. The number of nitrogens with zero attached hydrogens (tertiary/aromatic N) is 5. The Balaban J connectivity index is 1.46. The van der Waals surface area contributed by atoms with Crippen molar-refractivity contribution in [3.05, 3.63) is 52.6 Å². The van der Waals surface area contributed by atoms with Gasteiger partial charge < -0.3 is 0 Å². The fraction of sp³-hybridized carbons (Fsp3) is 0.368. The summed E-state index contributed by atoms with van der Waals surface area (Å²) in [6.45, 7) is 5.57. The lowest BCUT2D eigenvalue weighted by Crippen LogP contribution is -2.48. The molecule has 1 aromatic carbocycles. The SMILES string of the molecule is CCn1c(-c2cccs2)nn(CN2CCN(S(=O)(=O)c3ccccc3)CC2)c1=S. The summed E-state index contributed by atoms with van der Waals surface area (Å²) in [5, 5.41) is 6.78. The molecule has 4 rings (SSSR count). The molecule has 29 heavy (non-hydrogen) atoms. The first-order valence-electron chi connectivity index (χ1n) is 9.50. The third-order valence-corrected chi connectivity index (χ3v) is 8.24. The monoisotopic (exact) mass is 449 g/mol. The Morgan fingerprint density at radius 3 is 2.41 bits per heavy atom. The zero-order valence-corrected chi connectivity index (χ0v) is 18.6. The first-order chi connectivity index (χ1) is 14.0. The van der Waals surface area contributed by atoms with Crippen LogP contribution in [0.3, 0.4) is 0 Å². The Labute approximate surface area is 179 Å². The summed E-state index contributed by atoms with van der Waals surface area (Å²) in [6.07, 6.45) is 0. The number of rotatable bonds is 6. The number of benzene rings is 1. The van der Waals surface area contributed by atoms with E-state index >= 15 is 0 Å². The van der Waals surface area contributed by atoms with Crippen LogP contribution in [0.5, 0.6) is 0 Å². The summed E-state index contributed by atoms with van der Waals surface area (Å²) in [5.74, 6) is 0.887. The number of aromatic nitrogens is 3. The molecule has 10 heteroatoms. The predicted octanol–water partition coefficient (Wildman–Crippen LogP) is 3.13. The summed E-state index contributed by atoms with van der Waals surface area (Å²) in [7, 11) is -3.44. The van der Waals surface area contributed by atoms with Gasteiger partial charge >= 0.3 is 0 Å². The summed E-state index contributed by atoms with van der Waals surface area (Å²) in [6, 6.07) is 12.7. The highest BCUT2D eigenvalue weighted by Gasteiger charge is 2.28. The maximum absolute atomic E-state index is 12.8. The van der Waals surface area contributed by atoms with Gasteiger partial charge in [0.15, 0.2) is 10.6 Å². The summed E-state index contributed by atoms with van der Waals surface area (Å²) in [5.41, 5.74) is 0. The van der Waals surface area contributed by atoms with Crippen LogP contribution < -0.4 is 0 Å². The molecule has 154 valence electrons. The molecule has 0 N–H and O–H groups in total. The highest BCUT2D eigenvalue weighted by Crippen LogP contribution is 2.24. The molecule has 0 radical (unpaired) electrons. The second-order valence-corrected chi connectivity index (χ2v) is 10.1. The molecule has 1 aliphatic rings. The minimum atomic E-state index is -3.44. The van der Waals surface area contributed by atoms with Crippen molar-refractivity contribution in [1.82, 2.24) is 23.6 Å². The van der Waals surface area contributed by atoms with E-state index in [9.17, 15) is 8.42 Å². The molecule has 2 aromatic heterocycles. The molecule has 1 aliphatic heterocycles. The standard InChI is InChI=1S/C19H23N5O2S3/c1-2-23-18(17-9-6-14-28-17)20-24(19(23)27)15-21-10-12-22(13-11-21)29(25,26)16-7-4-3-5-8-16/h3-9,14H,2,10-13,15H2,1H3. The predicted molar refractivity (Wildman–Crippen MR) is 117 cm³/mol. The number of sulfonamides is 1. The molecular formula is C19H23N5O2S3. The molecule has 3 heterocycles. The summed E-state index contributed by atoms with van der Waals surface area (Å²) in [4.78, 5) is 3.63. The van der Waals surface area contributed by atoms with Gasteiger partial charge in [-0.15, -0.1) is 16.4 Å². The van der Waals surface area contributed by atoms with Gasteiger partial charge in [0, 0.05) is 32.7 Å². The van der Waals surface area contributed by atoms with E-state index in [1.165, 1.54) is 0 Å². The number of piperazine rings is 1. The van der Waals surface area contributed by atoms with Crippen LogP contribution in [0.15, 0.2) is 52.7 Å². The summed E-state index contributed by atoms with van der Waals surface area (Å²) < 4.78 is 31.7. The molecule has 3 aromatic rings. The van der Waals surface area contributed by atoms with Crippen molar-refractivity contribution in [2.75, 3.05) is 26.2 Å². The van der Waals surface area contributed by atoms with E-state index in [0.717, 1.165) is 17.2 Å². The third-order valence-electron chi connectivity index (χ3n) is 5.03. The quantitative estimate of drug-likeness (QED) is 0.541. The highest BCUT2D eigenvalue weighted by atomic mass is 32.2. The number of hydrogen-bond donors (Lipinski definition) is 0. The topological polar surface area (TPSA) is 63.4 Å². The molecule has 0 aliphatic carbocycles. The van der Waals surface area contributed by atoms with Gasteiger partial charge in [0.25, 0.3) is 0 Å². The lowest BCUT2D eigenvalue weighted by atomic mass is 10.4. The van der Waals surface area contributed by atoms with Gasteiger partial charge in [-0.05, 0) is 42.7 Å². The minimum absolute atomic E-state index is 0.345. The second-order valence-electron chi connectivity index (χ2n) is 6.80. The van der Waals surface area contributed by atoms with Crippen LogP contribution in [0.1, 0.15) is 6.92 Å². The van der Waals surface area contributed by atoms with Crippen molar-refractivity contribution in [2.45, 2.75) is 25.0 Å². The van der Waals surface area contributed by atoms with Gasteiger partial charge in [0.05, 0.1) is 16.4 Å². The second kappa shape index (κ2) is 8.49. The van der Waals surface area contributed by atoms with Crippen LogP contribution in [0.4, 0.5) is 0 Å². The van der Waals surface area contributed by atoms with Gasteiger partial charge in [-0.1, -0.05) is 24.3 Å². The van der Waals surface area contributed by atoms with Crippen LogP contribution >= 0.6 is 23.6 Å². The first-order valence-corrected chi connectivity index (χ1v) is 12.2. The van der Waals surface area contributed by atoms with Crippen LogP contribution in [0.25, 0.3) is 10.7 Å². The first kappa shape index (κ1) is 20.4. The van der Waals surface area contributed by atoms with Crippen LogP contribution in [-0.2, 0) is 23.2 Å². The largest absolute Gasteiger partial charge is 0.300 e. The molecule has 0 spiro atoms. The zero-order valence-electron chi connectivity index (χ0n) is 16.1. The van der Waals surface area contributed by atoms with E-state index in [-0.39, 0.29) is 0 Å².